The van der Waals surface area contributed by atoms with E-state index >= 15 is 4.79 Å². The highest BCUT2D eigenvalue weighted by atomic mass is 16.8. The Labute approximate surface area is 398 Å². The van der Waals surface area contributed by atoms with E-state index in [4.69, 9.17) is 33.2 Å². The van der Waals surface area contributed by atoms with Gasteiger partial charge >= 0.3 is 5.97 Å². The summed E-state index contributed by atoms with van der Waals surface area (Å²) in [5.74, 6) is -1.65. The van der Waals surface area contributed by atoms with Crippen LogP contribution in [0.15, 0.2) is 11.6 Å². The molecule has 68 heavy (non-hydrogen) atoms. The van der Waals surface area contributed by atoms with Crippen LogP contribution in [0.2, 0.25) is 0 Å². The average Bonchev–Trinajstić information content (AvgIpc) is 3.28. The quantitative estimate of drug-likeness (QED) is 0.107. The molecule has 0 radical (unpaired) electrons. The SMILES string of the molecule is COC(=O)[C@H]1O[C@@H](O[C@H]2CC[C@@]3(C)C(CC[C@]4(C)[C@@H]3C(=O)C=C3C5CC(C)(C)C[C@@H](O)[C@]5(C)CC[C@]34C)[C@@]2(C)CO)[C@H](O[C@@H]2O[C@H](CO)[C@H](O)[C@H](O)[C@H]2O[C@@H]2O[C@@H](C)[C@H](O)[C@@H](O)[C@H]2O)[C@@H](O)[C@@H]1O. The highest BCUT2D eigenvalue weighted by Crippen LogP contribution is 2.75. The van der Waals surface area contributed by atoms with E-state index in [1.165, 1.54) is 6.92 Å². The van der Waals surface area contributed by atoms with Crippen molar-refractivity contribution in [3.63, 3.8) is 0 Å². The van der Waals surface area contributed by atoms with Gasteiger partial charge in [0.25, 0.3) is 0 Å². The molecule has 0 aromatic carbocycles. The second-order valence-electron chi connectivity index (χ2n) is 23.8. The summed E-state index contributed by atoms with van der Waals surface area (Å²) in [5, 5.41) is 110. The van der Waals surface area contributed by atoms with Gasteiger partial charge < -0.3 is 84.2 Å². The van der Waals surface area contributed by atoms with Crippen molar-refractivity contribution in [3.05, 3.63) is 11.6 Å². The van der Waals surface area contributed by atoms with E-state index in [9.17, 15) is 55.9 Å². The summed E-state index contributed by atoms with van der Waals surface area (Å²) < 4.78 is 41.4. The lowest BCUT2D eigenvalue weighted by Gasteiger charge is -2.71. The number of esters is 1. The van der Waals surface area contributed by atoms with Crippen molar-refractivity contribution in [2.75, 3.05) is 20.3 Å². The first-order valence-corrected chi connectivity index (χ1v) is 24.6. The molecule has 2 unspecified atom stereocenters. The van der Waals surface area contributed by atoms with Gasteiger partial charge in [0.2, 0.25) is 0 Å². The Morgan fingerprint density at radius 3 is 1.96 bits per heavy atom. The van der Waals surface area contributed by atoms with Crippen molar-refractivity contribution in [2.24, 2.45) is 50.2 Å². The van der Waals surface area contributed by atoms with E-state index in [-0.39, 0.29) is 40.3 Å². The Hall–Kier alpha value is -1.76. The number of ether oxygens (including phenoxy) is 7. The number of ketones is 1. The number of methoxy groups -OCH3 is 1. The van der Waals surface area contributed by atoms with Gasteiger partial charge in [0.15, 0.2) is 30.8 Å². The normalized spacial score (nSPS) is 54.6. The van der Waals surface area contributed by atoms with Crippen molar-refractivity contribution < 1.29 is 93.8 Å². The van der Waals surface area contributed by atoms with Crippen LogP contribution < -0.4 is 0 Å². The largest absolute Gasteiger partial charge is 0.467 e. The van der Waals surface area contributed by atoms with Crippen molar-refractivity contribution in [3.8, 4) is 0 Å². The average molecular weight is 971 g/mol. The van der Waals surface area contributed by atoms with E-state index in [1.54, 1.807) is 0 Å². The number of carbonyl (C=O) groups excluding carboxylic acids is 2. The first-order valence-electron chi connectivity index (χ1n) is 24.6. The molecule has 3 saturated heterocycles. The molecule has 4 saturated carbocycles. The molecule has 5 aliphatic carbocycles. The molecule has 10 N–H and O–H groups in total. The molecule has 0 amide bonds. The number of allylic oxidation sites excluding steroid dienone is 2. The third-order valence-electron chi connectivity index (χ3n) is 19.4. The molecule has 19 heteroatoms. The molecule has 0 bridgehead atoms. The monoisotopic (exact) mass is 971 g/mol. The second-order valence-corrected chi connectivity index (χ2v) is 23.8. The molecule has 388 valence electrons. The Balaban J connectivity index is 1.10. The molecular weight excluding hydrogens is 893 g/mol. The molecule has 3 heterocycles. The summed E-state index contributed by atoms with van der Waals surface area (Å²) in [4.78, 5) is 28.1. The third kappa shape index (κ3) is 8.00. The summed E-state index contributed by atoms with van der Waals surface area (Å²) in [6.07, 6.45) is -20.2. The first kappa shape index (κ1) is 52.6. The van der Waals surface area contributed by atoms with Gasteiger partial charge in [-0.3, -0.25) is 4.79 Å². The van der Waals surface area contributed by atoms with Crippen LogP contribution in [0.1, 0.15) is 107 Å². The predicted octanol–water partition coefficient (Wildman–Crippen LogP) is -0.0280. The molecule has 19 nitrogen and oxygen atoms in total. The van der Waals surface area contributed by atoms with Gasteiger partial charge in [-0.1, -0.05) is 54.0 Å². The minimum Gasteiger partial charge on any atom is -0.467 e. The lowest BCUT2D eigenvalue weighted by atomic mass is 9.33. The lowest BCUT2D eigenvalue weighted by molar-refractivity contribution is -0.396. The number of aliphatic hydroxyl groups is 10. The smallest absolute Gasteiger partial charge is 0.337 e. The Morgan fingerprint density at radius 1 is 0.691 bits per heavy atom. The minimum absolute atomic E-state index is 0.0500. The standard InChI is InChI=1S/C49H78O19/c1-21-29(54)31(56)35(60)41(63-21)67-37-32(57)30(55)25(19-50)64-42(37)68-38-34(59)33(58)36(40(61)62-9)66-43(38)65-28-11-12-46(5)26(47(28,6)20-51)10-13-49(8)39(46)24(52)16-22-23-17-44(2,3)18-27(53)45(23,4)14-15-48(22,49)7/h16,21,23,25-39,41-43,50-51,53-60H,10-15,17-20H2,1-9H3/t21-,23?,25+,26?,27+,28-,29-,30-,31+,32-,33-,34-,35+,36-,37+,38+,39+,41-,42-,43+,45+,46-,47+,48+,49+/m0/s1. The maximum absolute atomic E-state index is 15.1. The van der Waals surface area contributed by atoms with E-state index in [2.05, 4.69) is 41.5 Å². The fourth-order valence-electron chi connectivity index (χ4n) is 15.0. The number of fused-ring (bicyclic) bond motifs is 7. The molecule has 0 spiro atoms. The summed E-state index contributed by atoms with van der Waals surface area (Å²) >= 11 is 0. The van der Waals surface area contributed by atoms with Gasteiger partial charge in [-0.25, -0.2) is 4.79 Å². The Bertz CT molecular complexity index is 1920. The minimum atomic E-state index is -1.99. The van der Waals surface area contributed by atoms with E-state index in [0.29, 0.717) is 25.7 Å². The lowest BCUT2D eigenvalue weighted by Crippen LogP contribution is -2.69. The third-order valence-corrected chi connectivity index (χ3v) is 19.4. The van der Waals surface area contributed by atoms with Crippen LogP contribution in [-0.2, 0) is 42.7 Å². The van der Waals surface area contributed by atoms with Crippen molar-refractivity contribution >= 4 is 11.8 Å². The van der Waals surface area contributed by atoms with E-state index < -0.39 is 146 Å². The maximum atomic E-state index is 15.1. The number of carbonyl (C=O) groups is 2. The molecule has 7 fully saturated rings. The summed E-state index contributed by atoms with van der Waals surface area (Å²) in [6.45, 7) is 15.4. The zero-order valence-electron chi connectivity index (χ0n) is 40.8. The summed E-state index contributed by atoms with van der Waals surface area (Å²) in [6, 6.07) is 0. The van der Waals surface area contributed by atoms with Gasteiger partial charge in [-0.15, -0.1) is 0 Å². The van der Waals surface area contributed by atoms with Gasteiger partial charge in [-0.05, 0) is 97.9 Å². The van der Waals surface area contributed by atoms with Crippen LogP contribution >= 0.6 is 0 Å². The number of hydrogen-bond acceptors (Lipinski definition) is 19. The van der Waals surface area contributed by atoms with Crippen LogP contribution in [-0.4, -0.2) is 187 Å². The van der Waals surface area contributed by atoms with Crippen molar-refractivity contribution in [1.29, 1.82) is 0 Å². The van der Waals surface area contributed by atoms with E-state index in [0.717, 1.165) is 31.9 Å². The summed E-state index contributed by atoms with van der Waals surface area (Å²) in [5.41, 5.74) is -1.76. The number of hydrogen-bond donors (Lipinski definition) is 10. The fraction of sp³-hybridized carbons (Fsp3) is 0.918. The topological polar surface area (TPSA) is 301 Å². The molecule has 0 aromatic heterocycles. The van der Waals surface area contributed by atoms with E-state index in [1.807, 2.05) is 13.0 Å². The highest BCUT2D eigenvalue weighted by molar-refractivity contribution is 5.95. The zero-order valence-corrected chi connectivity index (χ0v) is 40.8. The predicted molar refractivity (Wildman–Crippen MR) is 235 cm³/mol. The van der Waals surface area contributed by atoms with Crippen LogP contribution in [0.25, 0.3) is 0 Å². The van der Waals surface area contributed by atoms with Gasteiger partial charge in [0, 0.05) is 16.7 Å². The molecule has 8 aliphatic rings. The van der Waals surface area contributed by atoms with Crippen LogP contribution in [0.5, 0.6) is 0 Å². The molecule has 25 atom stereocenters. The maximum Gasteiger partial charge on any atom is 0.337 e. The van der Waals surface area contributed by atoms with Gasteiger partial charge in [0.1, 0.15) is 61.0 Å². The molecule has 0 aromatic rings. The van der Waals surface area contributed by atoms with Crippen molar-refractivity contribution in [1.82, 2.24) is 0 Å². The highest BCUT2D eigenvalue weighted by Gasteiger charge is 2.72. The summed E-state index contributed by atoms with van der Waals surface area (Å²) in [7, 11) is 1.07. The van der Waals surface area contributed by atoms with Crippen LogP contribution in [0.4, 0.5) is 0 Å². The molecule has 3 aliphatic heterocycles. The fourth-order valence-corrected chi connectivity index (χ4v) is 15.0. The van der Waals surface area contributed by atoms with Gasteiger partial charge in [-0.2, -0.15) is 0 Å². The number of rotatable bonds is 9. The Kier molecular flexibility index (Phi) is 14.2. The van der Waals surface area contributed by atoms with Crippen molar-refractivity contribution in [2.45, 2.75) is 211 Å². The second kappa shape index (κ2) is 18.3. The van der Waals surface area contributed by atoms with Crippen LogP contribution in [0.3, 0.4) is 0 Å². The Morgan fingerprint density at radius 2 is 1.32 bits per heavy atom. The number of aliphatic hydroxyl groups excluding tert-OH is 10. The zero-order chi connectivity index (χ0) is 50.0. The van der Waals surface area contributed by atoms with Crippen LogP contribution in [0, 0.1) is 50.2 Å². The molecular formula is C49H78O19. The molecule has 8 rings (SSSR count). The first-order chi connectivity index (χ1) is 31.7. The van der Waals surface area contributed by atoms with Gasteiger partial charge in [0.05, 0.1) is 38.6 Å².